The smallest absolute Gasteiger partial charge is 0.244 e. The summed E-state index contributed by atoms with van der Waals surface area (Å²) in [6.45, 7) is 6.55. The summed E-state index contributed by atoms with van der Waals surface area (Å²) in [7, 11) is 0. The van der Waals surface area contributed by atoms with Gasteiger partial charge in [0.2, 0.25) is 5.91 Å². The Morgan fingerprint density at radius 3 is 2.86 bits per heavy atom. The molecule has 2 aliphatic rings. The molecule has 2 fully saturated rings. The van der Waals surface area contributed by atoms with Crippen LogP contribution in [-0.2, 0) is 9.53 Å². The molecule has 21 heavy (non-hydrogen) atoms. The zero-order valence-electron chi connectivity index (χ0n) is 12.9. The standard InChI is InChI=1S/C16H24N2O2S/c1-3-10-20-11-4-9-18-14(13-6-5-12(2)21-13)17-16(7-8-16)15(18)19/h5-6,14,17H,3-4,7-11H2,1-2H3. The number of carbonyl (C=O) groups is 1. The molecule has 0 radical (unpaired) electrons. The molecule has 0 aromatic carbocycles. The number of nitrogens with one attached hydrogen (secondary N) is 1. The van der Waals surface area contributed by atoms with Crippen LogP contribution in [0.2, 0.25) is 0 Å². The third kappa shape index (κ3) is 3.00. The van der Waals surface area contributed by atoms with Crippen LogP contribution in [0.5, 0.6) is 0 Å². The minimum absolute atomic E-state index is 0.0601. The van der Waals surface area contributed by atoms with Crippen LogP contribution in [0.25, 0.3) is 0 Å². The van der Waals surface area contributed by atoms with Gasteiger partial charge in [0, 0.05) is 29.5 Å². The summed E-state index contributed by atoms with van der Waals surface area (Å²) in [6, 6.07) is 4.28. The molecule has 1 amide bonds. The van der Waals surface area contributed by atoms with Gasteiger partial charge in [0.15, 0.2) is 0 Å². The van der Waals surface area contributed by atoms with E-state index < -0.39 is 0 Å². The molecule has 1 unspecified atom stereocenters. The fourth-order valence-electron chi connectivity index (χ4n) is 2.92. The van der Waals surface area contributed by atoms with Crippen molar-refractivity contribution in [3.63, 3.8) is 0 Å². The van der Waals surface area contributed by atoms with Crippen molar-refractivity contribution < 1.29 is 9.53 Å². The van der Waals surface area contributed by atoms with E-state index in [2.05, 4.69) is 31.3 Å². The van der Waals surface area contributed by atoms with Crippen molar-refractivity contribution in [1.82, 2.24) is 10.2 Å². The Balaban J connectivity index is 1.64. The number of hydrogen-bond acceptors (Lipinski definition) is 4. The highest BCUT2D eigenvalue weighted by Crippen LogP contribution is 2.46. The summed E-state index contributed by atoms with van der Waals surface area (Å²) in [6.07, 6.45) is 3.98. The van der Waals surface area contributed by atoms with Crippen LogP contribution in [-0.4, -0.2) is 36.1 Å². The quantitative estimate of drug-likeness (QED) is 0.788. The first-order valence-electron chi connectivity index (χ1n) is 7.89. The Kier molecular flexibility index (Phi) is 4.33. The van der Waals surface area contributed by atoms with Gasteiger partial charge in [-0.25, -0.2) is 0 Å². The molecule has 4 nitrogen and oxygen atoms in total. The number of aryl methyl sites for hydroxylation is 1. The zero-order chi connectivity index (χ0) is 14.9. The molecule has 1 N–H and O–H groups in total. The highest BCUT2D eigenvalue weighted by molar-refractivity contribution is 7.12. The fourth-order valence-corrected chi connectivity index (χ4v) is 3.86. The maximum absolute atomic E-state index is 12.6. The predicted molar refractivity (Wildman–Crippen MR) is 84.3 cm³/mol. The van der Waals surface area contributed by atoms with Crippen molar-refractivity contribution in [3.8, 4) is 0 Å². The number of rotatable bonds is 7. The van der Waals surface area contributed by atoms with Crippen LogP contribution in [0.1, 0.15) is 48.5 Å². The maximum atomic E-state index is 12.6. The minimum Gasteiger partial charge on any atom is -0.381 e. The molecule has 1 saturated carbocycles. The number of nitrogens with zero attached hydrogens (tertiary/aromatic N) is 1. The van der Waals surface area contributed by atoms with Gasteiger partial charge in [0.25, 0.3) is 0 Å². The highest BCUT2D eigenvalue weighted by atomic mass is 32.1. The third-order valence-electron chi connectivity index (χ3n) is 4.21. The van der Waals surface area contributed by atoms with Crippen LogP contribution in [0.4, 0.5) is 0 Å². The van der Waals surface area contributed by atoms with E-state index in [1.807, 2.05) is 4.90 Å². The van der Waals surface area contributed by atoms with E-state index in [1.165, 1.54) is 9.75 Å². The maximum Gasteiger partial charge on any atom is 0.244 e. The molecular weight excluding hydrogens is 284 g/mol. The summed E-state index contributed by atoms with van der Waals surface area (Å²) in [5, 5.41) is 3.57. The molecule has 5 heteroatoms. The van der Waals surface area contributed by atoms with Crippen LogP contribution in [0, 0.1) is 6.92 Å². The Morgan fingerprint density at radius 1 is 1.43 bits per heavy atom. The van der Waals surface area contributed by atoms with Crippen molar-refractivity contribution in [1.29, 1.82) is 0 Å². The normalized spacial score (nSPS) is 23.2. The van der Waals surface area contributed by atoms with Gasteiger partial charge in [-0.2, -0.15) is 0 Å². The number of thiophene rings is 1. The molecule has 1 aromatic heterocycles. The van der Waals surface area contributed by atoms with Crippen molar-refractivity contribution in [2.75, 3.05) is 19.8 Å². The van der Waals surface area contributed by atoms with Crippen LogP contribution in [0.15, 0.2) is 12.1 Å². The fraction of sp³-hybridized carbons (Fsp3) is 0.688. The van der Waals surface area contributed by atoms with Crippen molar-refractivity contribution in [2.24, 2.45) is 0 Å². The van der Waals surface area contributed by atoms with Crippen LogP contribution >= 0.6 is 11.3 Å². The number of ether oxygens (including phenoxy) is 1. The lowest BCUT2D eigenvalue weighted by Gasteiger charge is -2.23. The Bertz CT molecular complexity index is 510. The summed E-state index contributed by atoms with van der Waals surface area (Å²) in [4.78, 5) is 17.2. The van der Waals surface area contributed by atoms with Crippen LogP contribution in [0.3, 0.4) is 0 Å². The molecule has 3 rings (SSSR count). The summed E-state index contributed by atoms with van der Waals surface area (Å²) in [5.74, 6) is 0.286. The van der Waals surface area contributed by atoms with E-state index in [-0.39, 0.29) is 17.6 Å². The van der Waals surface area contributed by atoms with Crippen molar-refractivity contribution in [3.05, 3.63) is 21.9 Å². The topological polar surface area (TPSA) is 41.6 Å². The molecule has 1 aliphatic carbocycles. The van der Waals surface area contributed by atoms with Gasteiger partial charge in [-0.1, -0.05) is 6.92 Å². The minimum atomic E-state index is -0.243. The summed E-state index contributed by atoms with van der Waals surface area (Å²) in [5.41, 5.74) is -0.243. The van der Waals surface area contributed by atoms with Gasteiger partial charge >= 0.3 is 0 Å². The molecule has 116 valence electrons. The van der Waals surface area contributed by atoms with Gasteiger partial charge in [0.1, 0.15) is 11.7 Å². The molecule has 1 aromatic rings. The number of carbonyl (C=O) groups excluding carboxylic acids is 1. The van der Waals surface area contributed by atoms with Gasteiger partial charge in [-0.3, -0.25) is 10.1 Å². The molecular formula is C16H24N2O2S. The van der Waals surface area contributed by atoms with E-state index in [9.17, 15) is 4.79 Å². The van der Waals surface area contributed by atoms with E-state index in [4.69, 9.17) is 4.74 Å². The summed E-state index contributed by atoms with van der Waals surface area (Å²) < 4.78 is 5.53. The lowest BCUT2D eigenvalue weighted by atomic mass is 10.2. The second-order valence-electron chi connectivity index (χ2n) is 6.04. The third-order valence-corrected chi connectivity index (χ3v) is 5.26. The van der Waals surface area contributed by atoms with Gasteiger partial charge < -0.3 is 9.64 Å². The number of hydrogen-bond donors (Lipinski definition) is 1. The number of amides is 1. The van der Waals surface area contributed by atoms with Gasteiger partial charge in [-0.15, -0.1) is 11.3 Å². The Labute approximate surface area is 130 Å². The van der Waals surface area contributed by atoms with Crippen molar-refractivity contribution in [2.45, 2.75) is 51.2 Å². The Morgan fingerprint density at radius 2 is 2.24 bits per heavy atom. The van der Waals surface area contributed by atoms with Gasteiger partial charge in [0.05, 0.1) is 0 Å². The van der Waals surface area contributed by atoms with Crippen molar-refractivity contribution >= 4 is 17.2 Å². The average Bonchev–Trinajstić information content (AvgIpc) is 3.05. The van der Waals surface area contributed by atoms with E-state index in [0.29, 0.717) is 0 Å². The van der Waals surface area contributed by atoms with E-state index in [0.717, 1.165) is 45.4 Å². The second kappa shape index (κ2) is 6.07. The first kappa shape index (κ1) is 15.0. The predicted octanol–water partition coefficient (Wildman–Crippen LogP) is 2.84. The van der Waals surface area contributed by atoms with Crippen LogP contribution < -0.4 is 5.32 Å². The highest BCUT2D eigenvalue weighted by Gasteiger charge is 2.59. The second-order valence-corrected chi connectivity index (χ2v) is 7.36. The molecule has 2 heterocycles. The van der Waals surface area contributed by atoms with Gasteiger partial charge in [-0.05, 0) is 44.7 Å². The molecule has 0 bridgehead atoms. The van der Waals surface area contributed by atoms with E-state index >= 15 is 0 Å². The lowest BCUT2D eigenvalue weighted by molar-refractivity contribution is -0.131. The SMILES string of the molecule is CCCOCCCN1C(=O)C2(CC2)NC1c1ccc(C)s1. The first-order valence-corrected chi connectivity index (χ1v) is 8.71. The monoisotopic (exact) mass is 308 g/mol. The zero-order valence-corrected chi connectivity index (χ0v) is 13.7. The Hall–Kier alpha value is -0.910. The van der Waals surface area contributed by atoms with E-state index in [1.54, 1.807) is 11.3 Å². The molecule has 1 saturated heterocycles. The largest absolute Gasteiger partial charge is 0.381 e. The first-order chi connectivity index (χ1) is 10.2. The summed E-state index contributed by atoms with van der Waals surface area (Å²) >= 11 is 1.78. The molecule has 1 spiro atoms. The lowest BCUT2D eigenvalue weighted by Crippen LogP contribution is -2.33. The molecule has 1 aliphatic heterocycles. The molecule has 1 atom stereocenters. The average molecular weight is 308 g/mol.